The van der Waals surface area contributed by atoms with Crippen LogP contribution >= 0.6 is 0 Å². The molecule has 2 aromatic rings. The van der Waals surface area contributed by atoms with E-state index in [1.54, 1.807) is 6.20 Å². The smallest absolute Gasteiger partial charge is 0.270 e. The summed E-state index contributed by atoms with van der Waals surface area (Å²) in [4.78, 5) is 19.1. The minimum atomic E-state index is -0.0745. The summed E-state index contributed by atoms with van der Waals surface area (Å²) >= 11 is 0. The fourth-order valence-electron chi connectivity index (χ4n) is 3.57. The Morgan fingerprint density at radius 2 is 2.14 bits per heavy atom. The number of carbonyl (C=O) groups is 1. The number of rotatable bonds is 2. The summed E-state index contributed by atoms with van der Waals surface area (Å²) in [5, 5.41) is 4.10. The van der Waals surface area contributed by atoms with Gasteiger partial charge < -0.3 is 14.6 Å². The molecule has 118 valence electrons. The fourth-order valence-corrected chi connectivity index (χ4v) is 3.57. The van der Waals surface area contributed by atoms with Gasteiger partial charge in [-0.1, -0.05) is 7.43 Å². The molecule has 3 fully saturated rings. The van der Waals surface area contributed by atoms with Gasteiger partial charge in [0.15, 0.2) is 5.58 Å². The van der Waals surface area contributed by atoms with E-state index in [1.165, 1.54) is 25.9 Å². The molecule has 5 heterocycles. The van der Waals surface area contributed by atoms with Crippen LogP contribution in [0.15, 0.2) is 22.7 Å². The van der Waals surface area contributed by atoms with Crippen LogP contribution in [0.5, 0.6) is 0 Å². The zero-order valence-electron chi connectivity index (χ0n) is 12.1. The summed E-state index contributed by atoms with van der Waals surface area (Å²) in [6.45, 7) is 5.22. The molecule has 0 aromatic carbocycles. The number of nitrogens with one attached hydrogen (secondary N) is 1. The fraction of sp³-hybridized carbons (Fsp3) is 0.529. The van der Waals surface area contributed by atoms with Crippen molar-refractivity contribution in [3.63, 3.8) is 0 Å². The van der Waals surface area contributed by atoms with Gasteiger partial charge >= 0.3 is 0 Å². The van der Waals surface area contributed by atoms with Crippen LogP contribution in [0.1, 0.15) is 36.5 Å². The van der Waals surface area contributed by atoms with Crippen LogP contribution < -0.4 is 5.32 Å². The molecule has 0 saturated carbocycles. The van der Waals surface area contributed by atoms with Gasteiger partial charge in [0.05, 0.1) is 6.20 Å². The number of nitrogens with zero attached hydrogens (tertiary/aromatic N) is 2. The maximum atomic E-state index is 12.4. The number of piperidine rings is 3. The van der Waals surface area contributed by atoms with Crippen LogP contribution in [0.4, 0.5) is 0 Å². The van der Waals surface area contributed by atoms with Crippen molar-refractivity contribution in [2.75, 3.05) is 19.6 Å². The van der Waals surface area contributed by atoms with Crippen molar-refractivity contribution in [1.29, 1.82) is 0 Å². The van der Waals surface area contributed by atoms with Gasteiger partial charge in [0, 0.05) is 18.0 Å². The van der Waals surface area contributed by atoms with Gasteiger partial charge in [-0.25, -0.2) is 4.98 Å². The first-order chi connectivity index (χ1) is 10.2. The van der Waals surface area contributed by atoms with Crippen LogP contribution in [0.3, 0.4) is 0 Å². The van der Waals surface area contributed by atoms with Crippen LogP contribution in [0, 0.1) is 12.8 Å². The predicted octanol–water partition coefficient (Wildman–Crippen LogP) is 2.60. The van der Waals surface area contributed by atoms with Gasteiger partial charge in [-0.15, -0.1) is 0 Å². The average Bonchev–Trinajstić information content (AvgIpc) is 2.87. The van der Waals surface area contributed by atoms with Crippen LogP contribution in [0.25, 0.3) is 11.0 Å². The molecule has 0 radical (unpaired) electrons. The minimum absolute atomic E-state index is 0. The minimum Gasteiger partial charge on any atom is -0.460 e. The van der Waals surface area contributed by atoms with E-state index in [4.69, 9.17) is 4.42 Å². The number of fused-ring (bicyclic) bond motifs is 4. The monoisotopic (exact) mass is 301 g/mol. The van der Waals surface area contributed by atoms with E-state index in [0.717, 1.165) is 23.3 Å². The molecule has 5 heteroatoms. The van der Waals surface area contributed by atoms with E-state index in [0.29, 0.717) is 11.6 Å². The average molecular weight is 301 g/mol. The number of aryl methyl sites for hydroxylation is 1. The lowest BCUT2D eigenvalue weighted by Crippen LogP contribution is -2.57. The lowest BCUT2D eigenvalue weighted by atomic mass is 9.84. The third-order valence-corrected chi connectivity index (χ3v) is 4.73. The molecule has 3 saturated heterocycles. The number of hydrogen-bond acceptors (Lipinski definition) is 4. The highest BCUT2D eigenvalue weighted by molar-refractivity contribution is 5.95. The van der Waals surface area contributed by atoms with Crippen molar-refractivity contribution >= 4 is 16.9 Å². The van der Waals surface area contributed by atoms with Crippen molar-refractivity contribution in [1.82, 2.24) is 15.2 Å². The molecule has 2 aromatic heterocycles. The lowest BCUT2D eigenvalue weighted by molar-refractivity contribution is 0.0618. The Morgan fingerprint density at radius 1 is 1.36 bits per heavy atom. The summed E-state index contributed by atoms with van der Waals surface area (Å²) in [5.41, 5.74) is 1.20. The molecule has 0 unspecified atom stereocenters. The Hall–Kier alpha value is -1.88. The number of carbonyl (C=O) groups excluding carboxylic acids is 1. The standard InChI is InChI=1S/C16H19N3O2.CH4/c1-10-6-12-7-13(17-8-15(12)21-10)16(20)18-14-9-19-4-2-11(14)3-5-19;/h6-8,11,14H,2-5,9H2,1H3,(H,18,20);1H4/t14-;/m0./s1. The summed E-state index contributed by atoms with van der Waals surface area (Å²) in [6.07, 6.45) is 4.02. The maximum Gasteiger partial charge on any atom is 0.270 e. The lowest BCUT2D eigenvalue weighted by Gasteiger charge is -2.44. The topological polar surface area (TPSA) is 58.4 Å². The van der Waals surface area contributed by atoms with E-state index in [2.05, 4.69) is 15.2 Å². The van der Waals surface area contributed by atoms with E-state index in [1.807, 2.05) is 19.1 Å². The van der Waals surface area contributed by atoms with Crippen molar-refractivity contribution in [2.45, 2.75) is 33.2 Å². The Labute approximate surface area is 130 Å². The summed E-state index contributed by atoms with van der Waals surface area (Å²) in [7, 11) is 0. The van der Waals surface area contributed by atoms with Gasteiger partial charge in [0.25, 0.3) is 5.91 Å². The first kappa shape index (κ1) is 15.0. The molecule has 0 spiro atoms. The second kappa shape index (κ2) is 5.72. The molecule has 5 nitrogen and oxygen atoms in total. The van der Waals surface area contributed by atoms with Crippen LogP contribution in [-0.4, -0.2) is 41.5 Å². The van der Waals surface area contributed by atoms with Crippen molar-refractivity contribution in [2.24, 2.45) is 5.92 Å². The molecule has 1 N–H and O–H groups in total. The van der Waals surface area contributed by atoms with Crippen molar-refractivity contribution in [3.8, 4) is 0 Å². The van der Waals surface area contributed by atoms with Crippen LogP contribution in [0.2, 0.25) is 0 Å². The Balaban J connectivity index is 0.00000144. The van der Waals surface area contributed by atoms with E-state index < -0.39 is 0 Å². The second-order valence-electron chi connectivity index (χ2n) is 6.18. The maximum absolute atomic E-state index is 12.4. The summed E-state index contributed by atoms with van der Waals surface area (Å²) < 4.78 is 5.49. The SMILES string of the molecule is C.Cc1cc2cc(C(=O)N[C@H]3CN4CCC3CC4)ncc2o1. The number of aromatic nitrogens is 1. The van der Waals surface area contributed by atoms with Crippen molar-refractivity contribution in [3.05, 3.63) is 29.8 Å². The van der Waals surface area contributed by atoms with E-state index in [9.17, 15) is 4.79 Å². The van der Waals surface area contributed by atoms with Gasteiger partial charge in [-0.05, 0) is 50.9 Å². The molecular weight excluding hydrogens is 278 g/mol. The Kier molecular flexibility index (Phi) is 3.91. The largest absolute Gasteiger partial charge is 0.460 e. The van der Waals surface area contributed by atoms with Gasteiger partial charge in [-0.2, -0.15) is 0 Å². The Morgan fingerprint density at radius 3 is 2.82 bits per heavy atom. The molecule has 22 heavy (non-hydrogen) atoms. The number of pyridine rings is 1. The third kappa shape index (κ3) is 2.61. The first-order valence-corrected chi connectivity index (χ1v) is 7.58. The highest BCUT2D eigenvalue weighted by Gasteiger charge is 2.35. The van der Waals surface area contributed by atoms with Gasteiger partial charge in [0.1, 0.15) is 11.5 Å². The summed E-state index contributed by atoms with van der Waals surface area (Å²) in [5.74, 6) is 1.38. The van der Waals surface area contributed by atoms with Gasteiger partial charge in [0.2, 0.25) is 0 Å². The highest BCUT2D eigenvalue weighted by Crippen LogP contribution is 2.27. The van der Waals surface area contributed by atoms with Crippen molar-refractivity contribution < 1.29 is 9.21 Å². The molecule has 1 amide bonds. The molecule has 1 atom stereocenters. The Bertz CT molecular complexity index is 686. The number of hydrogen-bond donors (Lipinski definition) is 1. The first-order valence-electron chi connectivity index (χ1n) is 7.58. The molecule has 2 bridgehead atoms. The van der Waals surface area contributed by atoms with Crippen LogP contribution in [-0.2, 0) is 0 Å². The molecule has 3 aliphatic heterocycles. The molecular formula is C17H23N3O2. The number of amides is 1. The summed E-state index contributed by atoms with van der Waals surface area (Å²) in [6, 6.07) is 4.01. The highest BCUT2D eigenvalue weighted by atomic mass is 16.3. The number of furan rings is 1. The van der Waals surface area contributed by atoms with E-state index in [-0.39, 0.29) is 19.4 Å². The quantitative estimate of drug-likeness (QED) is 0.926. The van der Waals surface area contributed by atoms with Gasteiger partial charge in [-0.3, -0.25) is 4.79 Å². The molecule has 0 aliphatic carbocycles. The third-order valence-electron chi connectivity index (χ3n) is 4.73. The normalized spacial score (nSPS) is 26.7. The predicted molar refractivity (Wildman–Crippen MR) is 85.9 cm³/mol. The van der Waals surface area contributed by atoms with E-state index >= 15 is 0 Å². The zero-order valence-corrected chi connectivity index (χ0v) is 12.1. The second-order valence-corrected chi connectivity index (χ2v) is 6.18. The zero-order chi connectivity index (χ0) is 14.4. The molecule has 3 aliphatic rings. The molecule has 5 rings (SSSR count).